The first-order valence-electron chi connectivity index (χ1n) is 9.28. The molecule has 3 rings (SSSR count). The zero-order chi connectivity index (χ0) is 20.6. The molecule has 29 heavy (non-hydrogen) atoms. The van der Waals surface area contributed by atoms with Crippen LogP contribution in [0.15, 0.2) is 41.3 Å². The number of H-pyrrole nitrogens is 1. The highest BCUT2D eigenvalue weighted by Crippen LogP contribution is 2.27. The van der Waals surface area contributed by atoms with Gasteiger partial charge >= 0.3 is 0 Å². The number of carbonyl (C=O) groups is 2. The summed E-state index contributed by atoms with van der Waals surface area (Å²) >= 11 is 3.17. The first-order valence-corrected chi connectivity index (χ1v) is 11.4. The number of para-hydroxylation sites is 1. The van der Waals surface area contributed by atoms with Crippen LogP contribution in [-0.4, -0.2) is 46.4 Å². The number of aromatic nitrogens is 2. The van der Waals surface area contributed by atoms with E-state index in [9.17, 15) is 9.59 Å². The van der Waals surface area contributed by atoms with Gasteiger partial charge in [-0.2, -0.15) is 11.8 Å². The molecular weight excluding hydrogens is 408 g/mol. The van der Waals surface area contributed by atoms with E-state index in [1.54, 1.807) is 49.3 Å². The van der Waals surface area contributed by atoms with Crippen molar-refractivity contribution in [3.63, 3.8) is 0 Å². The number of hydrogen-bond acceptors (Lipinski definition) is 6. The third kappa shape index (κ3) is 5.80. The van der Waals surface area contributed by atoms with E-state index in [2.05, 4.69) is 20.6 Å². The van der Waals surface area contributed by atoms with Crippen LogP contribution >= 0.6 is 23.5 Å². The minimum atomic E-state index is -0.252. The zero-order valence-corrected chi connectivity index (χ0v) is 18.0. The van der Waals surface area contributed by atoms with Crippen LogP contribution in [0.2, 0.25) is 0 Å². The monoisotopic (exact) mass is 432 g/mol. The fraction of sp³-hybridized carbons (Fsp3) is 0.350. The van der Waals surface area contributed by atoms with Crippen molar-refractivity contribution in [2.75, 3.05) is 30.0 Å². The van der Waals surface area contributed by atoms with Crippen molar-refractivity contribution in [2.24, 2.45) is 0 Å². The standard InChI is InChI=1S/C20H24N4O3S2/c1-13-17(23-12-22-13)11-28-9-7-21-19(25)15-5-3-4-6-16(15)24-20(26)18-14(2)27-8-10-29-18/h3-6,12H,7-11H2,1-2H3,(H,21,25)(H,22,23)(H,24,26). The van der Waals surface area contributed by atoms with Crippen molar-refractivity contribution in [1.29, 1.82) is 0 Å². The number of nitrogens with one attached hydrogen (secondary N) is 3. The van der Waals surface area contributed by atoms with Gasteiger partial charge in [0.25, 0.3) is 11.8 Å². The lowest BCUT2D eigenvalue weighted by molar-refractivity contribution is -0.112. The topological polar surface area (TPSA) is 96.1 Å². The highest BCUT2D eigenvalue weighted by atomic mass is 32.2. The lowest BCUT2D eigenvalue weighted by Gasteiger charge is -2.18. The number of aromatic amines is 1. The Morgan fingerprint density at radius 1 is 1.28 bits per heavy atom. The third-order valence-electron chi connectivity index (χ3n) is 4.30. The Hall–Kier alpha value is -2.39. The number of ether oxygens (including phenoxy) is 1. The average Bonchev–Trinajstić information content (AvgIpc) is 3.13. The smallest absolute Gasteiger partial charge is 0.265 e. The van der Waals surface area contributed by atoms with Gasteiger partial charge in [-0.05, 0) is 26.0 Å². The Morgan fingerprint density at radius 2 is 2.10 bits per heavy atom. The van der Waals surface area contributed by atoms with E-state index in [0.29, 0.717) is 35.1 Å². The van der Waals surface area contributed by atoms with Crippen LogP contribution < -0.4 is 10.6 Å². The number of anilines is 1. The second-order valence-electron chi connectivity index (χ2n) is 6.36. The lowest BCUT2D eigenvalue weighted by atomic mass is 10.1. The molecule has 0 unspecified atom stereocenters. The SMILES string of the molecule is CC1=C(C(=O)Nc2ccccc2C(=O)NCCSCc2nc[nH]c2C)SCCO1. The highest BCUT2D eigenvalue weighted by Gasteiger charge is 2.20. The van der Waals surface area contributed by atoms with Gasteiger partial charge in [-0.15, -0.1) is 11.8 Å². The largest absolute Gasteiger partial charge is 0.496 e. The third-order valence-corrected chi connectivity index (χ3v) is 6.40. The molecule has 0 fully saturated rings. The molecule has 9 heteroatoms. The molecule has 2 aromatic rings. The maximum atomic E-state index is 12.6. The van der Waals surface area contributed by atoms with Gasteiger partial charge in [-0.3, -0.25) is 9.59 Å². The minimum Gasteiger partial charge on any atom is -0.496 e. The lowest BCUT2D eigenvalue weighted by Crippen LogP contribution is -2.27. The molecule has 3 N–H and O–H groups in total. The summed E-state index contributed by atoms with van der Waals surface area (Å²) in [6.45, 7) is 4.90. The summed E-state index contributed by atoms with van der Waals surface area (Å²) in [5.74, 6) is 2.45. The van der Waals surface area contributed by atoms with Gasteiger partial charge in [0, 0.05) is 29.5 Å². The number of thioether (sulfide) groups is 2. The quantitative estimate of drug-likeness (QED) is 0.554. The van der Waals surface area contributed by atoms with Gasteiger partial charge in [0.1, 0.15) is 10.7 Å². The maximum Gasteiger partial charge on any atom is 0.265 e. The Kier molecular flexibility index (Phi) is 7.65. The molecule has 0 saturated heterocycles. The minimum absolute atomic E-state index is 0.212. The molecule has 7 nitrogen and oxygen atoms in total. The summed E-state index contributed by atoms with van der Waals surface area (Å²) in [5.41, 5.74) is 3.02. The Balaban J connectivity index is 1.53. The van der Waals surface area contributed by atoms with E-state index in [4.69, 9.17) is 4.74 Å². The number of benzene rings is 1. The number of hydrogen-bond donors (Lipinski definition) is 3. The maximum absolute atomic E-state index is 12.6. The van der Waals surface area contributed by atoms with Crippen molar-refractivity contribution in [2.45, 2.75) is 19.6 Å². The molecule has 1 aromatic heterocycles. The first kappa shape index (κ1) is 21.3. The summed E-state index contributed by atoms with van der Waals surface area (Å²) in [4.78, 5) is 33.1. The summed E-state index contributed by atoms with van der Waals surface area (Å²) in [7, 11) is 0. The Morgan fingerprint density at radius 3 is 2.86 bits per heavy atom. The number of amides is 2. The number of allylic oxidation sites excluding steroid dienone is 1. The first-order chi connectivity index (χ1) is 14.1. The summed E-state index contributed by atoms with van der Waals surface area (Å²) in [5, 5.41) is 5.76. The molecule has 0 bridgehead atoms. The second kappa shape index (κ2) is 10.4. The van der Waals surface area contributed by atoms with E-state index in [-0.39, 0.29) is 11.8 Å². The molecule has 0 radical (unpaired) electrons. The van der Waals surface area contributed by atoms with E-state index < -0.39 is 0 Å². The average molecular weight is 433 g/mol. The van der Waals surface area contributed by atoms with E-state index in [1.165, 1.54) is 11.8 Å². The van der Waals surface area contributed by atoms with Gasteiger partial charge < -0.3 is 20.4 Å². The predicted molar refractivity (Wildman–Crippen MR) is 118 cm³/mol. The van der Waals surface area contributed by atoms with Crippen molar-refractivity contribution in [3.8, 4) is 0 Å². The van der Waals surface area contributed by atoms with Gasteiger partial charge in [0.2, 0.25) is 0 Å². The molecule has 0 atom stereocenters. The normalized spacial score (nSPS) is 13.7. The van der Waals surface area contributed by atoms with Gasteiger partial charge in [0.15, 0.2) is 0 Å². The molecule has 1 aromatic carbocycles. The Labute approximate surface area is 178 Å². The van der Waals surface area contributed by atoms with Crippen LogP contribution in [0.3, 0.4) is 0 Å². The van der Waals surface area contributed by atoms with Crippen LogP contribution in [0.4, 0.5) is 5.69 Å². The summed E-state index contributed by atoms with van der Waals surface area (Å²) < 4.78 is 5.45. The van der Waals surface area contributed by atoms with Crippen molar-refractivity contribution < 1.29 is 14.3 Å². The fourth-order valence-electron chi connectivity index (χ4n) is 2.73. The number of imidazole rings is 1. The van der Waals surface area contributed by atoms with Gasteiger partial charge in [-0.25, -0.2) is 4.98 Å². The number of nitrogens with zero attached hydrogens (tertiary/aromatic N) is 1. The molecule has 2 heterocycles. The van der Waals surface area contributed by atoms with Crippen LogP contribution in [0.1, 0.15) is 28.7 Å². The molecule has 2 amide bonds. The molecule has 154 valence electrons. The van der Waals surface area contributed by atoms with Crippen molar-refractivity contribution >= 4 is 41.0 Å². The van der Waals surface area contributed by atoms with Crippen LogP contribution in [0, 0.1) is 6.92 Å². The van der Waals surface area contributed by atoms with Crippen LogP contribution in [0.5, 0.6) is 0 Å². The van der Waals surface area contributed by atoms with E-state index in [0.717, 1.165) is 28.6 Å². The predicted octanol–water partition coefficient (Wildman–Crippen LogP) is 3.31. The van der Waals surface area contributed by atoms with Crippen LogP contribution in [0.25, 0.3) is 0 Å². The van der Waals surface area contributed by atoms with E-state index in [1.807, 2.05) is 6.92 Å². The van der Waals surface area contributed by atoms with Crippen molar-refractivity contribution in [1.82, 2.24) is 15.3 Å². The Bertz CT molecular complexity index is 911. The van der Waals surface area contributed by atoms with Crippen LogP contribution in [-0.2, 0) is 15.3 Å². The molecule has 0 aliphatic carbocycles. The molecule has 1 aliphatic heterocycles. The molecule has 0 saturated carbocycles. The van der Waals surface area contributed by atoms with Gasteiger partial charge in [-0.1, -0.05) is 12.1 Å². The number of carbonyl (C=O) groups excluding carboxylic acids is 2. The van der Waals surface area contributed by atoms with Crippen molar-refractivity contribution in [3.05, 3.63) is 58.2 Å². The number of rotatable bonds is 8. The fourth-order valence-corrected chi connectivity index (χ4v) is 4.42. The molecule has 0 spiro atoms. The second-order valence-corrected chi connectivity index (χ2v) is 8.58. The molecule has 1 aliphatic rings. The highest BCUT2D eigenvalue weighted by molar-refractivity contribution is 8.04. The zero-order valence-electron chi connectivity index (χ0n) is 16.4. The molecular formula is C20H24N4O3S2. The summed E-state index contributed by atoms with van der Waals surface area (Å²) in [6, 6.07) is 7.01. The van der Waals surface area contributed by atoms with Gasteiger partial charge in [0.05, 0.1) is 29.9 Å². The number of aryl methyl sites for hydroxylation is 1. The summed E-state index contributed by atoms with van der Waals surface area (Å²) in [6.07, 6.45) is 1.69. The van der Waals surface area contributed by atoms with E-state index >= 15 is 0 Å².